The van der Waals surface area contributed by atoms with Crippen LogP contribution in [0.5, 0.6) is 0 Å². The third kappa shape index (κ3) is 5.29. The SMILES string of the molecule is C[C@H](NC(=O)c1c(C(F)(F)F)nn2c1N(Cc1ccc(C(F)(F)F)cc1)CC2)c1ccc(C(=O)O)cc1F. The van der Waals surface area contributed by atoms with E-state index in [1.165, 1.54) is 24.0 Å². The van der Waals surface area contributed by atoms with Gasteiger partial charge >= 0.3 is 18.3 Å². The fourth-order valence-corrected chi connectivity index (χ4v) is 4.19. The highest BCUT2D eigenvalue weighted by molar-refractivity contribution is 6.01. The van der Waals surface area contributed by atoms with Crippen molar-refractivity contribution in [2.45, 2.75) is 38.4 Å². The highest BCUT2D eigenvalue weighted by Gasteiger charge is 2.44. The van der Waals surface area contributed by atoms with E-state index >= 15 is 0 Å². The first-order chi connectivity index (χ1) is 17.7. The molecule has 38 heavy (non-hydrogen) atoms. The maximum Gasteiger partial charge on any atom is 0.436 e. The van der Waals surface area contributed by atoms with Crippen molar-refractivity contribution in [2.75, 3.05) is 11.4 Å². The minimum atomic E-state index is -5.01. The van der Waals surface area contributed by atoms with E-state index in [1.807, 2.05) is 0 Å². The molecule has 4 rings (SSSR count). The highest BCUT2D eigenvalue weighted by Crippen LogP contribution is 2.39. The summed E-state index contributed by atoms with van der Waals surface area (Å²) in [4.78, 5) is 25.5. The molecule has 0 unspecified atom stereocenters. The third-order valence-electron chi connectivity index (χ3n) is 6.02. The van der Waals surface area contributed by atoms with Crippen LogP contribution >= 0.6 is 0 Å². The van der Waals surface area contributed by atoms with Crippen LogP contribution in [0.25, 0.3) is 0 Å². The van der Waals surface area contributed by atoms with E-state index in [-0.39, 0.29) is 36.6 Å². The van der Waals surface area contributed by atoms with Gasteiger partial charge in [-0.05, 0) is 36.8 Å². The zero-order valence-electron chi connectivity index (χ0n) is 19.5. The molecule has 1 atom stereocenters. The zero-order chi connectivity index (χ0) is 28.0. The van der Waals surface area contributed by atoms with Crippen LogP contribution < -0.4 is 10.2 Å². The van der Waals surface area contributed by atoms with Gasteiger partial charge in [0.15, 0.2) is 5.69 Å². The number of halogens is 7. The molecule has 3 aromatic rings. The van der Waals surface area contributed by atoms with Gasteiger partial charge in [-0.2, -0.15) is 31.4 Å². The molecule has 1 amide bonds. The molecule has 0 bridgehead atoms. The highest BCUT2D eigenvalue weighted by atomic mass is 19.4. The minimum Gasteiger partial charge on any atom is -0.478 e. The number of amides is 1. The number of hydrogen-bond acceptors (Lipinski definition) is 4. The van der Waals surface area contributed by atoms with Crippen LogP contribution in [-0.2, 0) is 25.4 Å². The summed E-state index contributed by atoms with van der Waals surface area (Å²) in [5.41, 5.74) is -3.29. The van der Waals surface area contributed by atoms with Crippen molar-refractivity contribution in [3.63, 3.8) is 0 Å². The lowest BCUT2D eigenvalue weighted by atomic mass is 10.0. The number of nitrogens with zero attached hydrogens (tertiary/aromatic N) is 3. The summed E-state index contributed by atoms with van der Waals surface area (Å²) in [6.07, 6.45) is -9.57. The second-order valence-corrected chi connectivity index (χ2v) is 8.62. The Kier molecular flexibility index (Phi) is 6.84. The van der Waals surface area contributed by atoms with Gasteiger partial charge in [-0.15, -0.1) is 0 Å². The molecular weight excluding hydrogens is 525 g/mol. The molecule has 0 saturated carbocycles. The number of anilines is 1. The van der Waals surface area contributed by atoms with Crippen molar-refractivity contribution in [3.05, 3.63) is 81.8 Å². The van der Waals surface area contributed by atoms with Crippen LogP contribution in [0.1, 0.15) is 56.1 Å². The Hall–Kier alpha value is -4.10. The third-order valence-corrected chi connectivity index (χ3v) is 6.02. The molecule has 1 aliphatic heterocycles. The molecular formula is C24H19F7N4O3. The molecule has 202 valence electrons. The summed E-state index contributed by atoms with van der Waals surface area (Å²) in [6.45, 7) is 1.35. The lowest BCUT2D eigenvalue weighted by Gasteiger charge is -2.21. The van der Waals surface area contributed by atoms with E-state index in [4.69, 9.17) is 5.11 Å². The maximum atomic E-state index is 14.5. The number of aromatic nitrogens is 2. The summed E-state index contributed by atoms with van der Waals surface area (Å²) in [7, 11) is 0. The second-order valence-electron chi connectivity index (χ2n) is 8.62. The molecule has 1 aliphatic rings. The molecule has 7 nitrogen and oxygen atoms in total. The van der Waals surface area contributed by atoms with Crippen LogP contribution in [0, 0.1) is 5.82 Å². The fourth-order valence-electron chi connectivity index (χ4n) is 4.19. The average Bonchev–Trinajstić information content (AvgIpc) is 3.38. The molecule has 0 radical (unpaired) electrons. The lowest BCUT2D eigenvalue weighted by Crippen LogP contribution is -2.31. The monoisotopic (exact) mass is 544 g/mol. The average molecular weight is 544 g/mol. The summed E-state index contributed by atoms with van der Waals surface area (Å²) in [5.74, 6) is -3.74. The van der Waals surface area contributed by atoms with Gasteiger partial charge in [-0.3, -0.25) is 4.79 Å². The number of carbonyl (C=O) groups excluding carboxylic acids is 1. The van der Waals surface area contributed by atoms with Crippen LogP contribution in [0.3, 0.4) is 0 Å². The van der Waals surface area contributed by atoms with Crippen LogP contribution in [0.2, 0.25) is 0 Å². The van der Waals surface area contributed by atoms with Gasteiger partial charge in [-0.25, -0.2) is 13.9 Å². The van der Waals surface area contributed by atoms with Crippen LogP contribution in [0.15, 0.2) is 42.5 Å². The Bertz CT molecular complexity index is 1380. The Morgan fingerprint density at radius 3 is 2.24 bits per heavy atom. The van der Waals surface area contributed by atoms with Gasteiger partial charge in [-0.1, -0.05) is 18.2 Å². The number of rotatable bonds is 6. The molecule has 2 N–H and O–H groups in total. The van der Waals surface area contributed by atoms with E-state index in [0.717, 1.165) is 35.0 Å². The number of benzene rings is 2. The van der Waals surface area contributed by atoms with E-state index in [1.54, 1.807) is 0 Å². The predicted molar refractivity (Wildman–Crippen MR) is 119 cm³/mol. The van der Waals surface area contributed by atoms with Crippen molar-refractivity contribution >= 4 is 17.7 Å². The minimum absolute atomic E-state index is 0.00679. The number of aromatic carboxylic acids is 1. The van der Waals surface area contributed by atoms with Gasteiger partial charge in [0, 0.05) is 18.7 Å². The van der Waals surface area contributed by atoms with Crippen molar-refractivity contribution in [2.24, 2.45) is 0 Å². The number of carboxylic acid groups (broad SMARTS) is 1. The Morgan fingerprint density at radius 2 is 1.68 bits per heavy atom. The Labute approximate surface area is 210 Å². The van der Waals surface area contributed by atoms with Crippen molar-refractivity contribution in [3.8, 4) is 0 Å². The molecule has 0 aliphatic carbocycles. The number of nitrogens with one attached hydrogen (secondary N) is 1. The Balaban J connectivity index is 1.64. The first kappa shape index (κ1) is 26.9. The van der Waals surface area contributed by atoms with Gasteiger partial charge in [0.1, 0.15) is 17.2 Å². The van der Waals surface area contributed by atoms with E-state index in [0.29, 0.717) is 5.56 Å². The first-order valence-corrected chi connectivity index (χ1v) is 11.1. The van der Waals surface area contributed by atoms with Crippen molar-refractivity contribution in [1.29, 1.82) is 0 Å². The number of carboxylic acids is 1. The molecule has 1 aromatic heterocycles. The lowest BCUT2D eigenvalue weighted by molar-refractivity contribution is -0.142. The standard InChI is InChI=1S/C24H19F7N4O3/c1-12(16-7-4-14(22(37)38)10-17(16)25)32-20(36)18-19(24(29,30)31)33-35-9-8-34(21(18)35)11-13-2-5-15(6-3-13)23(26,27)28/h2-7,10,12H,8-9,11H2,1H3,(H,32,36)(H,37,38)/t12-/m0/s1. The number of carbonyl (C=O) groups is 2. The molecule has 14 heteroatoms. The van der Waals surface area contributed by atoms with Gasteiger partial charge in [0.2, 0.25) is 0 Å². The summed E-state index contributed by atoms with van der Waals surface area (Å²) in [5, 5.41) is 14.8. The number of fused-ring (bicyclic) bond motifs is 1. The first-order valence-electron chi connectivity index (χ1n) is 11.1. The van der Waals surface area contributed by atoms with Crippen LogP contribution in [-0.4, -0.2) is 33.3 Å². The molecule has 2 aromatic carbocycles. The number of hydrogen-bond donors (Lipinski definition) is 2. The quantitative estimate of drug-likeness (QED) is 0.413. The van der Waals surface area contributed by atoms with Crippen molar-refractivity contribution < 1.29 is 45.4 Å². The summed E-state index contributed by atoms with van der Waals surface area (Å²) in [6, 6.07) is 5.86. The number of alkyl halides is 6. The Morgan fingerprint density at radius 1 is 1.03 bits per heavy atom. The predicted octanol–water partition coefficient (Wildman–Crippen LogP) is 5.27. The summed E-state index contributed by atoms with van der Waals surface area (Å²) >= 11 is 0. The molecule has 0 fully saturated rings. The van der Waals surface area contributed by atoms with Gasteiger partial charge < -0.3 is 15.3 Å². The smallest absolute Gasteiger partial charge is 0.436 e. The van der Waals surface area contributed by atoms with Gasteiger partial charge in [0.25, 0.3) is 5.91 Å². The molecule has 0 saturated heterocycles. The topological polar surface area (TPSA) is 87.5 Å². The van der Waals surface area contributed by atoms with E-state index in [9.17, 15) is 40.3 Å². The zero-order valence-corrected chi connectivity index (χ0v) is 19.5. The van der Waals surface area contributed by atoms with E-state index in [2.05, 4.69) is 10.4 Å². The maximum absolute atomic E-state index is 14.5. The van der Waals surface area contributed by atoms with Crippen LogP contribution in [0.4, 0.5) is 36.6 Å². The fraction of sp³-hybridized carbons (Fsp3) is 0.292. The molecule has 2 heterocycles. The molecule has 0 spiro atoms. The van der Waals surface area contributed by atoms with Gasteiger partial charge in [0.05, 0.1) is 23.7 Å². The van der Waals surface area contributed by atoms with E-state index < -0.39 is 52.9 Å². The largest absolute Gasteiger partial charge is 0.478 e. The normalized spacial score (nSPS) is 14.4. The summed E-state index contributed by atoms with van der Waals surface area (Å²) < 4.78 is 95.5. The second kappa shape index (κ2) is 9.65. The van der Waals surface area contributed by atoms with Crippen molar-refractivity contribution in [1.82, 2.24) is 15.1 Å².